The molecule has 26 heavy (non-hydrogen) atoms. The highest BCUT2D eigenvalue weighted by atomic mass is 32.2. The minimum Gasteiger partial charge on any atom is -0.491 e. The molecule has 0 aliphatic carbocycles. The van der Waals surface area contributed by atoms with Crippen LogP contribution in [0.1, 0.15) is 30.6 Å². The molecule has 1 unspecified atom stereocenters. The average molecular weight is 376 g/mol. The highest BCUT2D eigenvalue weighted by molar-refractivity contribution is 7.89. The number of carbonyl (C=O) groups is 1. The van der Waals surface area contributed by atoms with Crippen molar-refractivity contribution in [2.24, 2.45) is 0 Å². The zero-order valence-electron chi connectivity index (χ0n) is 15.4. The van der Waals surface area contributed by atoms with Crippen LogP contribution in [0.25, 0.3) is 0 Å². The summed E-state index contributed by atoms with van der Waals surface area (Å²) in [7, 11) is -0.541. The second-order valence-electron chi connectivity index (χ2n) is 6.13. The summed E-state index contributed by atoms with van der Waals surface area (Å²) in [5.74, 6) is 0.442. The highest BCUT2D eigenvalue weighted by Crippen LogP contribution is 2.19. The smallest absolute Gasteiger partial charge is 0.255 e. The van der Waals surface area contributed by atoms with Crippen LogP contribution in [0.3, 0.4) is 0 Å². The quantitative estimate of drug-likeness (QED) is 0.804. The molecular formula is C19H24N2O4S. The number of rotatable bonds is 7. The second kappa shape index (κ2) is 8.33. The Kier molecular flexibility index (Phi) is 6.39. The van der Waals surface area contributed by atoms with Crippen molar-refractivity contribution in [3.63, 3.8) is 0 Å². The number of hydrogen-bond donors (Lipinski definition) is 1. The summed E-state index contributed by atoms with van der Waals surface area (Å²) in [6.45, 7) is 4.03. The van der Waals surface area contributed by atoms with Gasteiger partial charge < -0.3 is 10.1 Å². The maximum atomic E-state index is 12.3. The molecule has 2 aromatic rings. The molecule has 0 spiro atoms. The summed E-state index contributed by atoms with van der Waals surface area (Å²) in [6, 6.07) is 13.0. The molecule has 0 aromatic heterocycles. The van der Waals surface area contributed by atoms with Crippen molar-refractivity contribution < 1.29 is 17.9 Å². The molecule has 2 rings (SSSR count). The van der Waals surface area contributed by atoms with Gasteiger partial charge in [0, 0.05) is 25.3 Å². The summed E-state index contributed by atoms with van der Waals surface area (Å²) in [6.07, 6.45) is 1.02. The predicted octanol–water partition coefficient (Wildman–Crippen LogP) is 3.37. The molecule has 0 radical (unpaired) electrons. The van der Waals surface area contributed by atoms with Gasteiger partial charge >= 0.3 is 0 Å². The number of hydrogen-bond acceptors (Lipinski definition) is 4. The molecule has 1 atom stereocenters. The summed E-state index contributed by atoms with van der Waals surface area (Å²) < 4.78 is 30.9. The maximum Gasteiger partial charge on any atom is 0.255 e. The first-order chi connectivity index (χ1) is 12.2. The largest absolute Gasteiger partial charge is 0.491 e. The van der Waals surface area contributed by atoms with E-state index in [-0.39, 0.29) is 16.9 Å². The number of nitrogens with one attached hydrogen (secondary N) is 1. The molecule has 1 N–H and O–H groups in total. The van der Waals surface area contributed by atoms with Crippen LogP contribution in [0, 0.1) is 0 Å². The third kappa shape index (κ3) is 4.83. The number of nitrogens with zero attached hydrogens (tertiary/aromatic N) is 1. The van der Waals surface area contributed by atoms with Gasteiger partial charge in [0.15, 0.2) is 0 Å². The molecular weight excluding hydrogens is 352 g/mol. The molecule has 0 heterocycles. The normalized spacial score (nSPS) is 12.7. The van der Waals surface area contributed by atoms with Gasteiger partial charge in [0.1, 0.15) is 5.75 Å². The van der Waals surface area contributed by atoms with E-state index in [9.17, 15) is 13.2 Å². The van der Waals surface area contributed by atoms with Crippen LogP contribution >= 0.6 is 0 Å². The van der Waals surface area contributed by atoms with Gasteiger partial charge in [-0.25, -0.2) is 12.7 Å². The van der Waals surface area contributed by atoms with Crippen LogP contribution in [-0.2, 0) is 10.0 Å². The average Bonchev–Trinajstić information content (AvgIpc) is 2.62. The van der Waals surface area contributed by atoms with Gasteiger partial charge in [-0.3, -0.25) is 4.79 Å². The Morgan fingerprint density at radius 3 is 2.15 bits per heavy atom. The van der Waals surface area contributed by atoms with Crippen molar-refractivity contribution in [3.05, 3.63) is 54.1 Å². The lowest BCUT2D eigenvalue weighted by atomic mass is 10.2. The fourth-order valence-corrected chi connectivity index (χ4v) is 3.03. The predicted molar refractivity (Wildman–Crippen MR) is 102 cm³/mol. The molecule has 2 aromatic carbocycles. The van der Waals surface area contributed by atoms with Crippen molar-refractivity contribution in [2.45, 2.75) is 31.3 Å². The van der Waals surface area contributed by atoms with Crippen molar-refractivity contribution in [1.82, 2.24) is 4.31 Å². The van der Waals surface area contributed by atoms with Gasteiger partial charge in [0.2, 0.25) is 10.0 Å². The second-order valence-corrected chi connectivity index (χ2v) is 8.28. The minimum atomic E-state index is -3.48. The summed E-state index contributed by atoms with van der Waals surface area (Å²) in [4.78, 5) is 12.5. The highest BCUT2D eigenvalue weighted by Gasteiger charge is 2.17. The van der Waals surface area contributed by atoms with E-state index >= 15 is 0 Å². The SMILES string of the molecule is CCC(C)Oc1ccc(C(=O)Nc2ccc(S(=O)(=O)N(C)C)cc2)cc1. The summed E-state index contributed by atoms with van der Waals surface area (Å²) in [5.41, 5.74) is 1.01. The van der Waals surface area contributed by atoms with Crippen LogP contribution in [0.15, 0.2) is 53.4 Å². The van der Waals surface area contributed by atoms with E-state index in [2.05, 4.69) is 5.32 Å². The number of benzene rings is 2. The van der Waals surface area contributed by atoms with Gasteiger partial charge in [-0.05, 0) is 61.9 Å². The summed E-state index contributed by atoms with van der Waals surface area (Å²) in [5, 5.41) is 2.75. The molecule has 6 nitrogen and oxygen atoms in total. The van der Waals surface area contributed by atoms with Gasteiger partial charge in [-0.2, -0.15) is 0 Å². The first kappa shape index (κ1) is 19.9. The lowest BCUT2D eigenvalue weighted by Gasteiger charge is -2.13. The van der Waals surface area contributed by atoms with Gasteiger partial charge in [0.25, 0.3) is 5.91 Å². The third-order valence-corrected chi connectivity index (χ3v) is 5.75. The van der Waals surface area contributed by atoms with Crippen LogP contribution in [0.5, 0.6) is 5.75 Å². The monoisotopic (exact) mass is 376 g/mol. The summed E-state index contributed by atoms with van der Waals surface area (Å²) >= 11 is 0. The van der Waals surface area contributed by atoms with Gasteiger partial charge in [0.05, 0.1) is 11.0 Å². The Hall–Kier alpha value is -2.38. The maximum absolute atomic E-state index is 12.3. The van der Waals surface area contributed by atoms with Gasteiger partial charge in [-0.1, -0.05) is 6.92 Å². The fraction of sp³-hybridized carbons (Fsp3) is 0.316. The van der Waals surface area contributed by atoms with Crippen LogP contribution in [-0.4, -0.2) is 38.8 Å². The standard InChI is InChI=1S/C19H24N2O4S/c1-5-14(2)25-17-10-6-15(7-11-17)19(22)20-16-8-12-18(13-9-16)26(23,24)21(3)4/h6-14H,5H2,1-4H3,(H,20,22). The van der Waals surface area contributed by atoms with E-state index in [1.165, 1.54) is 26.2 Å². The molecule has 0 bridgehead atoms. The lowest BCUT2D eigenvalue weighted by Crippen LogP contribution is -2.22. The number of carbonyl (C=O) groups excluding carboxylic acids is 1. The number of amides is 1. The van der Waals surface area contributed by atoms with Crippen molar-refractivity contribution >= 4 is 21.6 Å². The van der Waals surface area contributed by atoms with Crippen molar-refractivity contribution in [3.8, 4) is 5.75 Å². The molecule has 1 amide bonds. The topological polar surface area (TPSA) is 75.7 Å². The molecule has 0 aliphatic rings. The molecule has 0 saturated heterocycles. The fourth-order valence-electron chi connectivity index (χ4n) is 2.12. The molecule has 0 fully saturated rings. The number of anilines is 1. The van der Waals surface area contributed by atoms with Crippen molar-refractivity contribution in [1.29, 1.82) is 0 Å². The zero-order chi connectivity index (χ0) is 19.3. The first-order valence-corrected chi connectivity index (χ1v) is 9.78. The number of ether oxygens (including phenoxy) is 1. The van der Waals surface area contributed by atoms with E-state index in [1.54, 1.807) is 36.4 Å². The van der Waals surface area contributed by atoms with E-state index in [0.29, 0.717) is 17.0 Å². The Labute approximate surface area is 154 Å². The lowest BCUT2D eigenvalue weighted by molar-refractivity contribution is 0.102. The zero-order valence-corrected chi connectivity index (χ0v) is 16.2. The van der Waals surface area contributed by atoms with E-state index in [0.717, 1.165) is 10.7 Å². The first-order valence-electron chi connectivity index (χ1n) is 8.34. The third-order valence-electron chi connectivity index (χ3n) is 3.92. The minimum absolute atomic E-state index is 0.117. The van der Waals surface area contributed by atoms with E-state index in [1.807, 2.05) is 13.8 Å². The Morgan fingerprint density at radius 1 is 1.08 bits per heavy atom. The van der Waals surface area contributed by atoms with Crippen molar-refractivity contribution in [2.75, 3.05) is 19.4 Å². The Bertz CT molecular complexity index is 844. The molecule has 0 aliphatic heterocycles. The Balaban J connectivity index is 2.06. The molecule has 140 valence electrons. The van der Waals surface area contributed by atoms with Crippen LogP contribution < -0.4 is 10.1 Å². The number of sulfonamides is 1. The van der Waals surface area contributed by atoms with Crippen LogP contribution in [0.4, 0.5) is 5.69 Å². The Morgan fingerprint density at radius 2 is 1.65 bits per heavy atom. The van der Waals surface area contributed by atoms with Gasteiger partial charge in [-0.15, -0.1) is 0 Å². The molecule has 0 saturated carbocycles. The van der Waals surface area contributed by atoms with Crippen LogP contribution in [0.2, 0.25) is 0 Å². The van der Waals surface area contributed by atoms with E-state index in [4.69, 9.17) is 4.74 Å². The molecule has 7 heteroatoms. The van der Waals surface area contributed by atoms with E-state index < -0.39 is 10.0 Å².